The van der Waals surface area contributed by atoms with Gasteiger partial charge < -0.3 is 24.2 Å². The smallest absolute Gasteiger partial charge is 0.459 e. The molecule has 1 aromatic carbocycles. The third-order valence-corrected chi connectivity index (χ3v) is 10.9. The summed E-state index contributed by atoms with van der Waals surface area (Å²) >= 11 is 5.99. The van der Waals surface area contributed by atoms with Gasteiger partial charge in [-0.05, 0) is 83.2 Å². The van der Waals surface area contributed by atoms with Gasteiger partial charge in [-0.2, -0.15) is 10.1 Å². The molecule has 0 amide bonds. The van der Waals surface area contributed by atoms with Crippen molar-refractivity contribution in [3.63, 3.8) is 0 Å². The fraction of sp³-hybridized carbons (Fsp3) is 0.658. The Bertz CT molecular complexity index is 1490. The monoisotopic (exact) mass is 767 g/mol. The summed E-state index contributed by atoms with van der Waals surface area (Å²) in [4.78, 5) is 29.2. The number of carbonyl (C=O) groups excluding carboxylic acids is 1. The van der Waals surface area contributed by atoms with E-state index in [-0.39, 0.29) is 12.4 Å². The molecule has 6 atom stereocenters. The lowest BCUT2D eigenvalue weighted by atomic mass is 9.96. The van der Waals surface area contributed by atoms with Crippen LogP contribution in [0.4, 0.5) is 0 Å². The van der Waals surface area contributed by atoms with Gasteiger partial charge in [0.2, 0.25) is 0 Å². The minimum absolute atomic E-state index is 0.139. The second-order valence-corrected chi connectivity index (χ2v) is 15.9. The van der Waals surface area contributed by atoms with Gasteiger partial charge in [0.05, 0.1) is 13.2 Å². The zero-order chi connectivity index (χ0) is 38.0. The van der Waals surface area contributed by atoms with Gasteiger partial charge in [0.1, 0.15) is 29.6 Å². The van der Waals surface area contributed by atoms with E-state index in [0.29, 0.717) is 17.1 Å². The maximum atomic E-state index is 14.0. The fourth-order valence-corrected chi connectivity index (χ4v) is 7.52. The lowest BCUT2D eigenvalue weighted by Gasteiger charge is -2.27. The molecule has 52 heavy (non-hydrogen) atoms. The molecule has 292 valence electrons. The number of aliphatic hydroxyl groups excluding tert-OH is 1. The molecule has 1 saturated heterocycles. The first-order valence-corrected chi connectivity index (χ1v) is 20.7. The predicted molar refractivity (Wildman–Crippen MR) is 202 cm³/mol. The largest absolute Gasteiger partial charge is 0.465 e. The highest BCUT2D eigenvalue weighted by molar-refractivity contribution is 7.52. The molecule has 0 saturated carbocycles. The van der Waals surface area contributed by atoms with Gasteiger partial charge in [-0.1, -0.05) is 88.5 Å². The summed E-state index contributed by atoms with van der Waals surface area (Å²) in [7, 11) is -4.32. The summed E-state index contributed by atoms with van der Waals surface area (Å²) in [5.41, 5.74) is -2.13. The maximum Gasteiger partial charge on any atom is 0.459 e. The molecule has 1 fully saturated rings. The third-order valence-electron chi connectivity index (χ3n) is 9.03. The number of unbranched alkanes of at least 4 members (excludes halogenated alkanes) is 12. The van der Waals surface area contributed by atoms with Crippen molar-refractivity contribution in [1.82, 2.24) is 14.6 Å². The van der Waals surface area contributed by atoms with E-state index in [4.69, 9.17) is 30.1 Å². The molecule has 1 aliphatic heterocycles. The number of hydrogen-bond donors (Lipinski definition) is 3. The SMILES string of the molecule is CCCCCCCC/C=C\CCCCCCCCOC(=O)[C@H](C)NP(=O)(OC[C@H]1O[C@@H](n2ccc(C)nc2=O)[C@](C)(O)[C@@H]1O)Oc1ccc(Cl)cc1. The Morgan fingerprint density at radius 1 is 1.04 bits per heavy atom. The molecular weight excluding hydrogens is 709 g/mol. The first-order chi connectivity index (χ1) is 24.9. The molecule has 3 N–H and O–H groups in total. The number of aryl methyl sites for hydroxylation is 1. The second-order valence-electron chi connectivity index (χ2n) is 13.8. The topological polar surface area (TPSA) is 158 Å². The van der Waals surface area contributed by atoms with Crippen molar-refractivity contribution in [2.75, 3.05) is 13.2 Å². The molecule has 1 unspecified atom stereocenters. The van der Waals surface area contributed by atoms with Gasteiger partial charge in [0, 0.05) is 16.9 Å². The second kappa shape index (κ2) is 22.6. The molecule has 1 aromatic heterocycles. The Labute approximate surface area is 313 Å². The van der Waals surface area contributed by atoms with E-state index in [9.17, 15) is 24.4 Å². The molecule has 0 spiro atoms. The number of allylic oxidation sites excluding steroid dienone is 2. The quantitative estimate of drug-likeness (QED) is 0.0389. The molecule has 14 heteroatoms. The number of nitrogens with one attached hydrogen (secondary N) is 1. The van der Waals surface area contributed by atoms with Crippen molar-refractivity contribution < 1.29 is 38.1 Å². The van der Waals surface area contributed by atoms with Crippen LogP contribution in [-0.2, 0) is 23.4 Å². The van der Waals surface area contributed by atoms with Crippen LogP contribution in [0.25, 0.3) is 0 Å². The van der Waals surface area contributed by atoms with E-state index in [0.717, 1.165) is 30.3 Å². The minimum Gasteiger partial charge on any atom is -0.465 e. The van der Waals surface area contributed by atoms with E-state index in [1.54, 1.807) is 13.0 Å². The Kier molecular flexibility index (Phi) is 19.1. The zero-order valence-corrected chi connectivity index (χ0v) is 32.9. The highest BCUT2D eigenvalue weighted by atomic mass is 35.5. The third kappa shape index (κ3) is 14.7. The van der Waals surface area contributed by atoms with E-state index < -0.39 is 56.1 Å². The number of ether oxygens (including phenoxy) is 2. The number of aromatic nitrogens is 2. The summed E-state index contributed by atoms with van der Waals surface area (Å²) in [6.45, 7) is 6.37. The van der Waals surface area contributed by atoms with Gasteiger partial charge in [0.15, 0.2) is 6.23 Å². The van der Waals surface area contributed by atoms with Crippen molar-refractivity contribution in [3.8, 4) is 5.75 Å². The van der Waals surface area contributed by atoms with Crippen LogP contribution in [-0.4, -0.2) is 62.8 Å². The van der Waals surface area contributed by atoms with Crippen LogP contribution < -0.4 is 15.3 Å². The predicted octanol–water partition coefficient (Wildman–Crippen LogP) is 7.98. The number of benzene rings is 1. The van der Waals surface area contributed by atoms with E-state index in [1.165, 1.54) is 102 Å². The standard InChI is InChI=1S/C38H59ClN3O9P/c1-5-6-7-8-9-10-11-12-13-14-15-16-17-18-19-20-27-48-35(44)30(3)41-52(47,51-32-23-21-31(39)22-24-32)49-28-33-34(43)38(4,46)36(50-33)42-26-25-29(2)40-37(42)45/h12-13,21-26,30,33-34,36,43,46H,5-11,14-20,27-28H2,1-4H3,(H,41,47)/b13-12-/t30-,33+,34+,36+,38+,52?/m0/s1. The first kappa shape index (κ1) is 43.8. The van der Waals surface area contributed by atoms with Crippen LogP contribution in [0.5, 0.6) is 5.75 Å². The molecule has 1 aliphatic rings. The van der Waals surface area contributed by atoms with E-state index >= 15 is 0 Å². The zero-order valence-electron chi connectivity index (χ0n) is 31.2. The average Bonchev–Trinajstić information content (AvgIpc) is 3.33. The Hall–Kier alpha value is -2.57. The van der Waals surface area contributed by atoms with E-state index in [2.05, 4.69) is 29.1 Å². The molecule has 0 bridgehead atoms. The Balaban J connectivity index is 1.43. The Morgan fingerprint density at radius 2 is 1.63 bits per heavy atom. The summed E-state index contributed by atoms with van der Waals surface area (Å²) in [5.74, 6) is -0.497. The summed E-state index contributed by atoms with van der Waals surface area (Å²) in [6.07, 6.45) is 18.4. The summed E-state index contributed by atoms with van der Waals surface area (Å²) < 4.78 is 37.7. The highest BCUT2D eigenvalue weighted by Gasteiger charge is 2.54. The van der Waals surface area contributed by atoms with Crippen LogP contribution in [0.15, 0.2) is 53.5 Å². The fourth-order valence-electron chi connectivity index (χ4n) is 5.89. The van der Waals surface area contributed by atoms with Gasteiger partial charge >= 0.3 is 19.4 Å². The van der Waals surface area contributed by atoms with Crippen LogP contribution >= 0.6 is 19.3 Å². The van der Waals surface area contributed by atoms with Crippen LogP contribution in [0.1, 0.15) is 123 Å². The molecule has 12 nitrogen and oxygen atoms in total. The average molecular weight is 768 g/mol. The van der Waals surface area contributed by atoms with Crippen molar-refractivity contribution in [2.24, 2.45) is 0 Å². The molecule has 2 aromatic rings. The number of esters is 1. The lowest BCUT2D eigenvalue weighted by Crippen LogP contribution is -2.46. The first-order valence-electron chi connectivity index (χ1n) is 18.8. The normalized spacial score (nSPS) is 22.0. The molecule has 0 radical (unpaired) electrons. The highest BCUT2D eigenvalue weighted by Crippen LogP contribution is 2.47. The van der Waals surface area contributed by atoms with Crippen molar-refractivity contribution in [1.29, 1.82) is 0 Å². The molecule has 2 heterocycles. The van der Waals surface area contributed by atoms with Gasteiger partial charge in [-0.15, -0.1) is 0 Å². The number of aliphatic hydroxyl groups is 2. The molecule has 3 rings (SSSR count). The molecule has 0 aliphatic carbocycles. The number of carbonyl (C=O) groups is 1. The van der Waals surface area contributed by atoms with Gasteiger partial charge in [-0.3, -0.25) is 13.9 Å². The van der Waals surface area contributed by atoms with E-state index in [1.807, 2.05) is 0 Å². The minimum atomic E-state index is -4.32. The maximum absolute atomic E-state index is 14.0. The summed E-state index contributed by atoms with van der Waals surface area (Å²) in [5, 5.41) is 25.0. The van der Waals surface area contributed by atoms with Crippen molar-refractivity contribution >= 4 is 25.3 Å². The Morgan fingerprint density at radius 3 is 2.25 bits per heavy atom. The van der Waals surface area contributed by atoms with Gasteiger partial charge in [0.25, 0.3) is 0 Å². The number of nitrogens with zero attached hydrogens (tertiary/aromatic N) is 2. The van der Waals surface area contributed by atoms with Gasteiger partial charge in [-0.25, -0.2) is 9.36 Å². The van der Waals surface area contributed by atoms with Crippen LogP contribution in [0.3, 0.4) is 0 Å². The number of hydrogen-bond acceptors (Lipinski definition) is 10. The van der Waals surface area contributed by atoms with Crippen LogP contribution in [0, 0.1) is 6.92 Å². The van der Waals surface area contributed by atoms with Crippen molar-refractivity contribution in [3.05, 3.63) is 69.9 Å². The van der Waals surface area contributed by atoms with Crippen molar-refractivity contribution in [2.45, 2.75) is 148 Å². The summed E-state index contributed by atoms with van der Waals surface area (Å²) in [6, 6.07) is 6.51. The lowest BCUT2D eigenvalue weighted by molar-refractivity contribution is -0.145. The number of rotatable bonds is 25. The number of halogens is 1. The molecular formula is C38H59ClN3O9P. The van der Waals surface area contributed by atoms with Crippen LogP contribution in [0.2, 0.25) is 5.02 Å².